The summed E-state index contributed by atoms with van der Waals surface area (Å²) in [6.07, 6.45) is 6.15. The smallest absolute Gasteiger partial charge is 0.141 e. The van der Waals surface area contributed by atoms with E-state index >= 15 is 0 Å². The lowest BCUT2D eigenvalue weighted by molar-refractivity contribution is 0.323. The third kappa shape index (κ3) is 2.21. The van der Waals surface area contributed by atoms with Crippen LogP contribution < -0.4 is 5.32 Å². The molecule has 1 atom stereocenters. The van der Waals surface area contributed by atoms with Gasteiger partial charge < -0.3 is 5.32 Å². The summed E-state index contributed by atoms with van der Waals surface area (Å²) < 4.78 is 13.1. The quantitative estimate of drug-likeness (QED) is 0.869. The van der Waals surface area contributed by atoms with Crippen LogP contribution in [0.4, 0.5) is 4.39 Å². The highest BCUT2D eigenvalue weighted by atomic mass is 35.5. The maximum Gasteiger partial charge on any atom is 0.141 e. The lowest BCUT2D eigenvalue weighted by Crippen LogP contribution is -2.44. The van der Waals surface area contributed by atoms with E-state index in [0.29, 0.717) is 0 Å². The number of benzene rings is 1. The molecule has 1 unspecified atom stereocenters. The zero-order chi connectivity index (χ0) is 11.9. The Morgan fingerprint density at radius 3 is 2.82 bits per heavy atom. The largest absolute Gasteiger partial charge is 0.311 e. The van der Waals surface area contributed by atoms with E-state index in [0.717, 1.165) is 24.4 Å². The van der Waals surface area contributed by atoms with Crippen LogP contribution in [-0.4, -0.2) is 12.1 Å². The Morgan fingerprint density at radius 1 is 1.41 bits per heavy atom. The summed E-state index contributed by atoms with van der Waals surface area (Å²) in [6.45, 7) is 1.12. The number of rotatable bonds is 3. The predicted octanol–water partition coefficient (Wildman–Crippen LogP) is 3.55. The van der Waals surface area contributed by atoms with Crippen LogP contribution in [0.25, 0.3) is 0 Å². The molecule has 17 heavy (non-hydrogen) atoms. The van der Waals surface area contributed by atoms with Crippen LogP contribution in [0.3, 0.4) is 0 Å². The summed E-state index contributed by atoms with van der Waals surface area (Å²) in [5.41, 5.74) is 1.42. The zero-order valence-corrected chi connectivity index (χ0v) is 10.6. The minimum absolute atomic E-state index is 0.242. The Labute approximate surface area is 106 Å². The third-order valence-corrected chi connectivity index (χ3v) is 4.43. The molecule has 1 aliphatic heterocycles. The van der Waals surface area contributed by atoms with Crippen molar-refractivity contribution in [1.82, 2.24) is 5.32 Å². The number of nitrogens with one attached hydrogen (secondary N) is 1. The Kier molecular flexibility index (Phi) is 2.87. The first-order valence-corrected chi connectivity index (χ1v) is 6.76. The van der Waals surface area contributed by atoms with Crippen LogP contribution in [0, 0.1) is 11.7 Å². The van der Waals surface area contributed by atoms with Crippen LogP contribution in [0.15, 0.2) is 18.2 Å². The van der Waals surface area contributed by atoms with Gasteiger partial charge in [0.05, 0.1) is 5.02 Å². The fraction of sp³-hybridized carbons (Fsp3) is 0.571. The van der Waals surface area contributed by atoms with Crippen LogP contribution in [-0.2, 0) is 6.42 Å². The first kappa shape index (κ1) is 11.5. The van der Waals surface area contributed by atoms with Crippen LogP contribution >= 0.6 is 11.6 Å². The topological polar surface area (TPSA) is 12.0 Å². The van der Waals surface area contributed by atoms with Gasteiger partial charge in [-0.25, -0.2) is 4.39 Å². The fourth-order valence-corrected chi connectivity index (χ4v) is 3.33. The molecule has 1 N–H and O–H groups in total. The molecular weight excluding hydrogens is 237 g/mol. The van der Waals surface area contributed by atoms with Crippen molar-refractivity contribution in [2.24, 2.45) is 5.92 Å². The molecule has 2 fully saturated rings. The molecule has 1 aromatic carbocycles. The van der Waals surface area contributed by atoms with Gasteiger partial charge in [0.25, 0.3) is 0 Å². The Balaban J connectivity index is 1.82. The fourth-order valence-electron chi connectivity index (χ4n) is 3.12. The Bertz CT molecular complexity index is 422. The molecule has 92 valence electrons. The normalized spacial score (nSPS) is 28.6. The van der Waals surface area contributed by atoms with Gasteiger partial charge >= 0.3 is 0 Å². The van der Waals surface area contributed by atoms with E-state index in [2.05, 4.69) is 5.32 Å². The van der Waals surface area contributed by atoms with Gasteiger partial charge in [0.2, 0.25) is 0 Å². The second kappa shape index (κ2) is 4.25. The molecule has 3 heteroatoms. The lowest BCUT2D eigenvalue weighted by atomic mass is 9.84. The molecule has 1 aromatic rings. The van der Waals surface area contributed by atoms with Crippen LogP contribution in [0.2, 0.25) is 5.02 Å². The van der Waals surface area contributed by atoms with E-state index in [1.165, 1.54) is 31.7 Å². The number of halogens is 2. The summed E-state index contributed by atoms with van der Waals surface area (Å²) in [7, 11) is 0. The standard InChI is InChI=1S/C14H17ClFN/c15-12-8-10(2-5-13(12)16)9-14(11-3-4-11)6-1-7-17-14/h2,5,8,11,17H,1,3-4,6-7,9H2. The molecule has 0 bridgehead atoms. The molecule has 3 rings (SSSR count). The molecule has 2 aliphatic rings. The summed E-state index contributed by atoms with van der Waals surface area (Å²) >= 11 is 5.84. The maximum atomic E-state index is 13.1. The highest BCUT2D eigenvalue weighted by Gasteiger charge is 2.46. The number of hydrogen-bond donors (Lipinski definition) is 1. The van der Waals surface area contributed by atoms with Crippen molar-refractivity contribution in [3.8, 4) is 0 Å². The van der Waals surface area contributed by atoms with Gasteiger partial charge in [-0.05, 0) is 62.3 Å². The summed E-state index contributed by atoms with van der Waals surface area (Å²) in [5, 5.41) is 3.92. The summed E-state index contributed by atoms with van der Waals surface area (Å²) in [6, 6.07) is 5.12. The molecule has 1 nitrogen and oxygen atoms in total. The molecule has 0 radical (unpaired) electrons. The van der Waals surface area contributed by atoms with E-state index in [1.807, 2.05) is 6.07 Å². The minimum atomic E-state index is -0.324. The molecule has 1 aliphatic carbocycles. The molecule has 0 amide bonds. The van der Waals surface area contributed by atoms with Gasteiger partial charge in [0.1, 0.15) is 5.82 Å². The van der Waals surface area contributed by atoms with Gasteiger partial charge in [-0.2, -0.15) is 0 Å². The molecule has 1 heterocycles. The first-order chi connectivity index (χ1) is 8.20. The van der Waals surface area contributed by atoms with Crippen molar-refractivity contribution in [2.75, 3.05) is 6.54 Å². The van der Waals surface area contributed by atoms with Crippen molar-refractivity contribution >= 4 is 11.6 Å². The molecule has 1 saturated carbocycles. The highest BCUT2D eigenvalue weighted by molar-refractivity contribution is 6.30. The predicted molar refractivity (Wildman–Crippen MR) is 67.8 cm³/mol. The second-order valence-corrected chi connectivity index (χ2v) is 5.79. The van der Waals surface area contributed by atoms with E-state index in [1.54, 1.807) is 6.07 Å². The number of hydrogen-bond acceptors (Lipinski definition) is 1. The highest BCUT2D eigenvalue weighted by Crippen LogP contribution is 2.45. The van der Waals surface area contributed by atoms with E-state index < -0.39 is 0 Å². The van der Waals surface area contributed by atoms with Crippen molar-refractivity contribution in [3.05, 3.63) is 34.6 Å². The molecule has 0 spiro atoms. The van der Waals surface area contributed by atoms with Gasteiger partial charge in [-0.3, -0.25) is 0 Å². The average molecular weight is 254 g/mol. The second-order valence-electron chi connectivity index (χ2n) is 5.39. The van der Waals surface area contributed by atoms with E-state index in [-0.39, 0.29) is 16.4 Å². The maximum absolute atomic E-state index is 13.1. The zero-order valence-electron chi connectivity index (χ0n) is 9.81. The first-order valence-electron chi connectivity index (χ1n) is 6.39. The molecule has 1 saturated heterocycles. The lowest BCUT2D eigenvalue weighted by Gasteiger charge is -2.30. The average Bonchev–Trinajstić information content (AvgIpc) is 3.07. The van der Waals surface area contributed by atoms with E-state index in [4.69, 9.17) is 11.6 Å². The van der Waals surface area contributed by atoms with Gasteiger partial charge in [0, 0.05) is 5.54 Å². The van der Waals surface area contributed by atoms with Crippen molar-refractivity contribution in [3.63, 3.8) is 0 Å². The van der Waals surface area contributed by atoms with Crippen molar-refractivity contribution in [1.29, 1.82) is 0 Å². The molecular formula is C14H17ClFN. The summed E-state index contributed by atoms with van der Waals surface area (Å²) in [4.78, 5) is 0. The van der Waals surface area contributed by atoms with Gasteiger partial charge in [-0.15, -0.1) is 0 Å². The SMILES string of the molecule is Fc1ccc(CC2(C3CC3)CCCN2)cc1Cl. The molecule has 0 aromatic heterocycles. The Morgan fingerprint density at radius 2 is 2.24 bits per heavy atom. The van der Waals surface area contributed by atoms with Crippen LogP contribution in [0.1, 0.15) is 31.2 Å². The summed E-state index contributed by atoms with van der Waals surface area (Å²) in [5.74, 6) is 0.490. The van der Waals surface area contributed by atoms with E-state index in [9.17, 15) is 4.39 Å². The van der Waals surface area contributed by atoms with Gasteiger partial charge in [0.15, 0.2) is 0 Å². The van der Waals surface area contributed by atoms with Gasteiger partial charge in [-0.1, -0.05) is 17.7 Å². The van der Waals surface area contributed by atoms with Crippen LogP contribution in [0.5, 0.6) is 0 Å². The Hall–Kier alpha value is -0.600. The third-order valence-electron chi connectivity index (χ3n) is 4.14. The van der Waals surface area contributed by atoms with Crippen molar-refractivity contribution in [2.45, 2.75) is 37.6 Å². The minimum Gasteiger partial charge on any atom is -0.311 e. The van der Waals surface area contributed by atoms with Crippen molar-refractivity contribution < 1.29 is 4.39 Å². The monoisotopic (exact) mass is 253 g/mol.